The molecular formula is C14H18O3. The third-order valence-electron chi connectivity index (χ3n) is 2.79. The lowest BCUT2D eigenvalue weighted by atomic mass is 9.87. The summed E-state index contributed by atoms with van der Waals surface area (Å²) in [4.78, 5) is 11.6. The molecule has 0 aliphatic carbocycles. The smallest absolute Gasteiger partial charge is 0.309 e. The molecule has 0 spiro atoms. The van der Waals surface area contributed by atoms with Crippen LogP contribution in [0.2, 0.25) is 0 Å². The Balaban J connectivity index is 3.00. The van der Waals surface area contributed by atoms with Crippen molar-refractivity contribution in [3.05, 3.63) is 42.0 Å². The SMILES string of the molecule is CC=CC(c1ccc(O)cc1)C(C)C(=O)OC. The third kappa shape index (κ3) is 3.34. The first-order valence-corrected chi connectivity index (χ1v) is 5.59. The fourth-order valence-electron chi connectivity index (χ4n) is 1.80. The van der Waals surface area contributed by atoms with Gasteiger partial charge in [-0.2, -0.15) is 0 Å². The topological polar surface area (TPSA) is 46.5 Å². The first-order chi connectivity index (χ1) is 8.10. The maximum Gasteiger partial charge on any atom is 0.309 e. The summed E-state index contributed by atoms with van der Waals surface area (Å²) in [6.07, 6.45) is 3.88. The molecule has 0 bridgehead atoms. The molecule has 3 heteroatoms. The molecule has 0 saturated heterocycles. The number of benzene rings is 1. The van der Waals surface area contributed by atoms with E-state index in [9.17, 15) is 9.90 Å². The average Bonchev–Trinajstić information content (AvgIpc) is 2.35. The molecule has 0 radical (unpaired) electrons. The second-order valence-corrected chi connectivity index (χ2v) is 3.95. The summed E-state index contributed by atoms with van der Waals surface area (Å²) >= 11 is 0. The van der Waals surface area contributed by atoms with Crippen molar-refractivity contribution in [3.8, 4) is 5.75 Å². The van der Waals surface area contributed by atoms with E-state index < -0.39 is 0 Å². The molecule has 0 aromatic heterocycles. The Morgan fingerprint density at radius 3 is 2.41 bits per heavy atom. The lowest BCUT2D eigenvalue weighted by Crippen LogP contribution is -2.19. The van der Waals surface area contributed by atoms with Gasteiger partial charge < -0.3 is 9.84 Å². The lowest BCUT2D eigenvalue weighted by molar-refractivity contribution is -0.145. The Hall–Kier alpha value is -1.77. The van der Waals surface area contributed by atoms with Crippen LogP contribution in [0.1, 0.15) is 25.3 Å². The normalized spacial score (nSPS) is 14.5. The van der Waals surface area contributed by atoms with E-state index in [1.165, 1.54) is 7.11 Å². The zero-order valence-electron chi connectivity index (χ0n) is 10.4. The molecular weight excluding hydrogens is 216 g/mol. The highest BCUT2D eigenvalue weighted by atomic mass is 16.5. The first-order valence-electron chi connectivity index (χ1n) is 5.59. The van der Waals surface area contributed by atoms with Crippen molar-refractivity contribution in [2.24, 2.45) is 5.92 Å². The van der Waals surface area contributed by atoms with Crippen molar-refractivity contribution < 1.29 is 14.6 Å². The van der Waals surface area contributed by atoms with E-state index in [1.54, 1.807) is 12.1 Å². The summed E-state index contributed by atoms with van der Waals surface area (Å²) in [5.74, 6) is -0.298. The van der Waals surface area contributed by atoms with Crippen LogP contribution in [0.5, 0.6) is 5.75 Å². The number of methoxy groups -OCH3 is 1. The molecule has 0 saturated carbocycles. The van der Waals surface area contributed by atoms with Gasteiger partial charge in [0.05, 0.1) is 13.0 Å². The van der Waals surface area contributed by atoms with E-state index in [2.05, 4.69) is 0 Å². The predicted octanol–water partition coefficient (Wildman–Crippen LogP) is 2.86. The van der Waals surface area contributed by atoms with Crippen LogP contribution in [0.3, 0.4) is 0 Å². The van der Waals surface area contributed by atoms with E-state index in [0.717, 1.165) is 5.56 Å². The van der Waals surface area contributed by atoms with Crippen LogP contribution in [0.4, 0.5) is 0 Å². The van der Waals surface area contributed by atoms with Crippen LogP contribution in [-0.4, -0.2) is 18.2 Å². The molecule has 2 atom stereocenters. The summed E-state index contributed by atoms with van der Waals surface area (Å²) in [5, 5.41) is 9.25. The number of phenols is 1. The molecule has 0 fully saturated rings. The molecule has 1 rings (SSSR count). The van der Waals surface area contributed by atoms with Crippen molar-refractivity contribution in [3.63, 3.8) is 0 Å². The number of ether oxygens (including phenoxy) is 1. The van der Waals surface area contributed by atoms with Gasteiger partial charge in [-0.15, -0.1) is 0 Å². The van der Waals surface area contributed by atoms with Crippen LogP contribution in [0.25, 0.3) is 0 Å². The number of aromatic hydroxyl groups is 1. The first kappa shape index (κ1) is 13.3. The van der Waals surface area contributed by atoms with Crippen LogP contribution in [0.15, 0.2) is 36.4 Å². The fraction of sp³-hybridized carbons (Fsp3) is 0.357. The van der Waals surface area contributed by atoms with Crippen molar-refractivity contribution in [1.82, 2.24) is 0 Å². The van der Waals surface area contributed by atoms with Crippen LogP contribution in [-0.2, 0) is 9.53 Å². The Bertz CT molecular complexity index is 392. The van der Waals surface area contributed by atoms with Crippen LogP contribution < -0.4 is 0 Å². The highest BCUT2D eigenvalue weighted by molar-refractivity contribution is 5.73. The predicted molar refractivity (Wildman–Crippen MR) is 66.8 cm³/mol. The van der Waals surface area contributed by atoms with Gasteiger partial charge in [-0.05, 0) is 24.6 Å². The molecule has 1 N–H and O–H groups in total. The highest BCUT2D eigenvalue weighted by Crippen LogP contribution is 2.28. The van der Waals surface area contributed by atoms with Gasteiger partial charge in [0.2, 0.25) is 0 Å². The van der Waals surface area contributed by atoms with Crippen molar-refractivity contribution in [2.75, 3.05) is 7.11 Å². The minimum atomic E-state index is -0.249. The zero-order chi connectivity index (χ0) is 12.8. The Morgan fingerprint density at radius 2 is 1.94 bits per heavy atom. The minimum Gasteiger partial charge on any atom is -0.508 e. The monoisotopic (exact) mass is 234 g/mol. The molecule has 2 unspecified atom stereocenters. The van der Waals surface area contributed by atoms with Gasteiger partial charge in [0.15, 0.2) is 0 Å². The van der Waals surface area contributed by atoms with E-state index in [4.69, 9.17) is 4.74 Å². The largest absolute Gasteiger partial charge is 0.508 e. The number of allylic oxidation sites excluding steroid dienone is 2. The molecule has 0 aliphatic heterocycles. The van der Waals surface area contributed by atoms with E-state index in [-0.39, 0.29) is 23.6 Å². The second kappa shape index (κ2) is 6.09. The maximum absolute atomic E-state index is 11.6. The van der Waals surface area contributed by atoms with Crippen molar-refractivity contribution in [1.29, 1.82) is 0 Å². The summed E-state index contributed by atoms with van der Waals surface area (Å²) < 4.78 is 4.76. The number of esters is 1. The number of carbonyl (C=O) groups excluding carboxylic acids is 1. The third-order valence-corrected chi connectivity index (χ3v) is 2.79. The molecule has 1 aromatic carbocycles. The van der Waals surface area contributed by atoms with Gasteiger partial charge in [-0.25, -0.2) is 0 Å². The Labute approximate surface area is 102 Å². The number of rotatable bonds is 4. The van der Waals surface area contributed by atoms with Gasteiger partial charge in [0.25, 0.3) is 0 Å². The molecule has 17 heavy (non-hydrogen) atoms. The molecule has 1 aromatic rings. The van der Waals surface area contributed by atoms with Gasteiger partial charge in [-0.3, -0.25) is 4.79 Å². The van der Waals surface area contributed by atoms with E-state index in [1.807, 2.05) is 38.1 Å². The Kier molecular flexibility index (Phi) is 4.76. The van der Waals surface area contributed by atoms with Crippen LogP contribution in [0, 0.1) is 5.92 Å². The quantitative estimate of drug-likeness (QED) is 0.643. The fourth-order valence-corrected chi connectivity index (χ4v) is 1.80. The second-order valence-electron chi connectivity index (χ2n) is 3.95. The lowest BCUT2D eigenvalue weighted by Gasteiger charge is -2.19. The highest BCUT2D eigenvalue weighted by Gasteiger charge is 2.23. The summed E-state index contributed by atoms with van der Waals surface area (Å²) in [5.41, 5.74) is 0.985. The Morgan fingerprint density at radius 1 is 1.35 bits per heavy atom. The molecule has 3 nitrogen and oxygen atoms in total. The summed E-state index contributed by atoms with van der Waals surface area (Å²) in [7, 11) is 1.39. The minimum absolute atomic E-state index is 0.0342. The van der Waals surface area contributed by atoms with Gasteiger partial charge in [0.1, 0.15) is 5.75 Å². The van der Waals surface area contributed by atoms with Crippen LogP contribution >= 0.6 is 0 Å². The number of phenolic OH excluding ortho intramolecular Hbond substituents is 1. The summed E-state index contributed by atoms with van der Waals surface area (Å²) in [6.45, 7) is 3.75. The zero-order valence-corrected chi connectivity index (χ0v) is 10.4. The van der Waals surface area contributed by atoms with Gasteiger partial charge >= 0.3 is 5.97 Å². The van der Waals surface area contributed by atoms with Crippen molar-refractivity contribution in [2.45, 2.75) is 19.8 Å². The van der Waals surface area contributed by atoms with E-state index >= 15 is 0 Å². The summed E-state index contributed by atoms with van der Waals surface area (Å²) in [6, 6.07) is 6.88. The van der Waals surface area contributed by atoms with E-state index in [0.29, 0.717) is 0 Å². The molecule has 0 heterocycles. The number of carbonyl (C=O) groups is 1. The van der Waals surface area contributed by atoms with Gasteiger partial charge in [0, 0.05) is 5.92 Å². The standard InChI is InChI=1S/C14H18O3/c1-4-5-13(10(2)14(16)17-3)11-6-8-12(15)9-7-11/h4-10,13,15H,1-3H3. The average molecular weight is 234 g/mol. The molecule has 0 aliphatic rings. The number of hydrogen-bond acceptors (Lipinski definition) is 3. The van der Waals surface area contributed by atoms with Gasteiger partial charge in [-0.1, -0.05) is 31.2 Å². The molecule has 0 amide bonds. The van der Waals surface area contributed by atoms with Crippen molar-refractivity contribution >= 4 is 5.97 Å². The maximum atomic E-state index is 11.6. The number of hydrogen-bond donors (Lipinski definition) is 1. The molecule has 92 valence electrons.